The van der Waals surface area contributed by atoms with Gasteiger partial charge in [0.2, 0.25) is 0 Å². The third-order valence-corrected chi connectivity index (χ3v) is 4.57. The molecule has 1 saturated heterocycles. The number of nitrogens with one attached hydrogen (secondary N) is 2. The Labute approximate surface area is 158 Å². The van der Waals surface area contributed by atoms with Crippen LogP contribution >= 0.6 is 24.0 Å². The molecule has 1 fully saturated rings. The van der Waals surface area contributed by atoms with E-state index in [0.717, 1.165) is 31.4 Å². The number of aliphatic imine (C=N–C) groups is 1. The van der Waals surface area contributed by atoms with E-state index in [1.54, 1.807) is 0 Å². The fourth-order valence-corrected chi connectivity index (χ4v) is 2.98. The third-order valence-electron chi connectivity index (χ3n) is 4.57. The molecule has 0 spiro atoms. The Morgan fingerprint density at radius 2 is 1.83 bits per heavy atom. The second-order valence-electron chi connectivity index (χ2n) is 6.18. The van der Waals surface area contributed by atoms with Gasteiger partial charge in [-0.2, -0.15) is 0 Å². The Hall–Kier alpha value is -0.820. The zero-order valence-electron chi connectivity index (χ0n) is 14.6. The smallest absolute Gasteiger partial charge is 0.191 e. The largest absolute Gasteiger partial charge is 0.356 e. The van der Waals surface area contributed by atoms with Gasteiger partial charge in [0.15, 0.2) is 5.96 Å². The molecule has 1 aromatic carbocycles. The van der Waals surface area contributed by atoms with Crippen LogP contribution in [0.2, 0.25) is 0 Å². The van der Waals surface area contributed by atoms with E-state index in [-0.39, 0.29) is 24.0 Å². The van der Waals surface area contributed by atoms with Crippen LogP contribution in [0.25, 0.3) is 0 Å². The van der Waals surface area contributed by atoms with E-state index in [1.165, 1.54) is 37.1 Å². The Kier molecular flexibility index (Phi) is 9.55. The number of aryl methyl sites for hydroxylation is 1. The van der Waals surface area contributed by atoms with E-state index in [2.05, 4.69) is 58.8 Å². The van der Waals surface area contributed by atoms with Crippen LogP contribution in [0.4, 0.5) is 0 Å². The Bertz CT molecular complexity index is 482. The predicted octanol–water partition coefficient (Wildman–Crippen LogP) is 2.87. The predicted molar refractivity (Wildman–Crippen MR) is 110 cm³/mol. The fourth-order valence-electron chi connectivity index (χ4n) is 2.98. The average Bonchev–Trinajstić information content (AvgIpc) is 2.57. The lowest BCUT2D eigenvalue weighted by molar-refractivity contribution is 0.220. The highest BCUT2D eigenvalue weighted by atomic mass is 127. The number of halogens is 1. The van der Waals surface area contributed by atoms with Gasteiger partial charge in [0.1, 0.15) is 0 Å². The van der Waals surface area contributed by atoms with Gasteiger partial charge in [-0.15, -0.1) is 24.0 Å². The maximum atomic E-state index is 4.34. The lowest BCUT2D eigenvalue weighted by atomic mass is 9.97. The standard InChI is InChI=1S/C18H30N4.HI/c1-4-16-7-5-6-8-17(16)14-21-18(19-2)20-13-15-9-11-22(3)12-10-15;/h5-8,15H,4,9-14H2,1-3H3,(H2,19,20,21);1H. The average molecular weight is 430 g/mol. The quantitative estimate of drug-likeness (QED) is 0.429. The first-order valence-electron chi connectivity index (χ1n) is 8.42. The SMILES string of the molecule is CCc1ccccc1CNC(=NC)NCC1CCN(C)CC1.I. The molecule has 5 heteroatoms. The molecule has 0 radical (unpaired) electrons. The summed E-state index contributed by atoms with van der Waals surface area (Å²) in [6, 6.07) is 8.60. The molecule has 0 saturated carbocycles. The maximum Gasteiger partial charge on any atom is 0.191 e. The lowest BCUT2D eigenvalue weighted by Gasteiger charge is -2.29. The van der Waals surface area contributed by atoms with Crippen LogP contribution in [0.1, 0.15) is 30.9 Å². The van der Waals surface area contributed by atoms with Crippen LogP contribution < -0.4 is 10.6 Å². The van der Waals surface area contributed by atoms with Gasteiger partial charge in [-0.1, -0.05) is 31.2 Å². The molecule has 0 aromatic heterocycles. The van der Waals surface area contributed by atoms with Crippen LogP contribution in [0, 0.1) is 5.92 Å². The number of rotatable bonds is 5. The molecule has 0 bridgehead atoms. The highest BCUT2D eigenvalue weighted by molar-refractivity contribution is 14.0. The summed E-state index contributed by atoms with van der Waals surface area (Å²) in [7, 11) is 4.05. The normalized spacial score (nSPS) is 16.7. The lowest BCUT2D eigenvalue weighted by Crippen LogP contribution is -2.42. The highest BCUT2D eigenvalue weighted by Gasteiger charge is 2.16. The number of piperidine rings is 1. The highest BCUT2D eigenvalue weighted by Crippen LogP contribution is 2.14. The van der Waals surface area contributed by atoms with Gasteiger partial charge in [0.25, 0.3) is 0 Å². The molecule has 1 aromatic rings. The molecule has 2 N–H and O–H groups in total. The second kappa shape index (κ2) is 10.9. The van der Waals surface area contributed by atoms with Crippen LogP contribution in [-0.4, -0.2) is 44.6 Å². The summed E-state index contributed by atoms with van der Waals surface area (Å²) in [5.41, 5.74) is 2.76. The number of hydrogen-bond donors (Lipinski definition) is 2. The number of guanidine groups is 1. The molecular formula is C18H31IN4. The molecule has 1 aliphatic heterocycles. The summed E-state index contributed by atoms with van der Waals surface area (Å²) >= 11 is 0. The fraction of sp³-hybridized carbons (Fsp3) is 0.611. The molecular weight excluding hydrogens is 399 g/mol. The second-order valence-corrected chi connectivity index (χ2v) is 6.18. The molecule has 2 rings (SSSR count). The summed E-state index contributed by atoms with van der Waals surface area (Å²) < 4.78 is 0. The Balaban J connectivity index is 0.00000264. The topological polar surface area (TPSA) is 39.7 Å². The monoisotopic (exact) mass is 430 g/mol. The van der Waals surface area contributed by atoms with Gasteiger partial charge in [-0.3, -0.25) is 4.99 Å². The minimum atomic E-state index is 0. The van der Waals surface area contributed by atoms with Gasteiger partial charge in [0, 0.05) is 20.1 Å². The van der Waals surface area contributed by atoms with Gasteiger partial charge >= 0.3 is 0 Å². The molecule has 23 heavy (non-hydrogen) atoms. The van der Waals surface area contributed by atoms with Crippen LogP contribution in [0.3, 0.4) is 0 Å². The van der Waals surface area contributed by atoms with Gasteiger partial charge in [-0.25, -0.2) is 0 Å². The molecule has 130 valence electrons. The molecule has 1 aliphatic rings. The van der Waals surface area contributed by atoms with Crippen molar-refractivity contribution in [2.24, 2.45) is 10.9 Å². The van der Waals surface area contributed by atoms with Crippen molar-refractivity contribution in [3.63, 3.8) is 0 Å². The number of hydrogen-bond acceptors (Lipinski definition) is 2. The first-order chi connectivity index (χ1) is 10.7. The molecule has 4 nitrogen and oxygen atoms in total. The van der Waals surface area contributed by atoms with E-state index >= 15 is 0 Å². The molecule has 0 aliphatic carbocycles. The summed E-state index contributed by atoms with van der Waals surface area (Å²) in [5.74, 6) is 1.67. The third kappa shape index (κ3) is 6.67. The zero-order valence-corrected chi connectivity index (χ0v) is 17.0. The van der Waals surface area contributed by atoms with Gasteiger partial charge < -0.3 is 15.5 Å². The van der Waals surface area contributed by atoms with Crippen molar-refractivity contribution < 1.29 is 0 Å². The van der Waals surface area contributed by atoms with Gasteiger partial charge in [0.05, 0.1) is 0 Å². The molecule has 0 atom stereocenters. The Morgan fingerprint density at radius 1 is 1.17 bits per heavy atom. The Morgan fingerprint density at radius 3 is 2.43 bits per heavy atom. The van der Waals surface area contributed by atoms with Gasteiger partial charge in [-0.05, 0) is 56.4 Å². The molecule has 1 heterocycles. The van der Waals surface area contributed by atoms with Crippen molar-refractivity contribution >= 4 is 29.9 Å². The zero-order chi connectivity index (χ0) is 15.8. The van der Waals surface area contributed by atoms with Crippen molar-refractivity contribution in [2.75, 3.05) is 33.7 Å². The van der Waals surface area contributed by atoms with Crippen LogP contribution in [0.15, 0.2) is 29.3 Å². The van der Waals surface area contributed by atoms with E-state index < -0.39 is 0 Å². The number of likely N-dealkylation sites (tertiary alicyclic amines) is 1. The van der Waals surface area contributed by atoms with Crippen LogP contribution in [-0.2, 0) is 13.0 Å². The van der Waals surface area contributed by atoms with E-state index in [1.807, 2.05) is 7.05 Å². The summed E-state index contributed by atoms with van der Waals surface area (Å²) in [6.07, 6.45) is 3.62. The van der Waals surface area contributed by atoms with E-state index in [4.69, 9.17) is 0 Å². The minimum absolute atomic E-state index is 0. The first kappa shape index (κ1) is 20.2. The van der Waals surface area contributed by atoms with E-state index in [0.29, 0.717) is 0 Å². The minimum Gasteiger partial charge on any atom is -0.356 e. The van der Waals surface area contributed by atoms with Crippen molar-refractivity contribution in [2.45, 2.75) is 32.7 Å². The van der Waals surface area contributed by atoms with Crippen molar-refractivity contribution in [1.82, 2.24) is 15.5 Å². The van der Waals surface area contributed by atoms with Crippen molar-refractivity contribution in [1.29, 1.82) is 0 Å². The molecule has 0 amide bonds. The van der Waals surface area contributed by atoms with Crippen molar-refractivity contribution in [3.05, 3.63) is 35.4 Å². The summed E-state index contributed by atoms with van der Waals surface area (Å²) in [6.45, 7) is 6.47. The summed E-state index contributed by atoms with van der Waals surface area (Å²) in [4.78, 5) is 6.75. The number of nitrogens with zero attached hydrogens (tertiary/aromatic N) is 2. The van der Waals surface area contributed by atoms with E-state index in [9.17, 15) is 0 Å². The van der Waals surface area contributed by atoms with Crippen molar-refractivity contribution in [3.8, 4) is 0 Å². The first-order valence-corrected chi connectivity index (χ1v) is 8.42. The molecule has 0 unspecified atom stereocenters. The number of benzene rings is 1. The summed E-state index contributed by atoms with van der Waals surface area (Å²) in [5, 5.41) is 6.92. The van der Waals surface area contributed by atoms with Crippen LogP contribution in [0.5, 0.6) is 0 Å². The maximum absolute atomic E-state index is 4.34.